The molecule has 5 nitrogen and oxygen atoms in total. The van der Waals surface area contributed by atoms with Gasteiger partial charge >= 0.3 is 6.03 Å². The summed E-state index contributed by atoms with van der Waals surface area (Å²) in [4.78, 5) is 13.0. The van der Waals surface area contributed by atoms with Crippen molar-refractivity contribution < 1.29 is 4.79 Å². The Kier molecular flexibility index (Phi) is 3.94. The van der Waals surface area contributed by atoms with E-state index in [0.29, 0.717) is 5.92 Å². The molecule has 1 aliphatic rings. The number of benzene rings is 1. The predicted octanol–water partition coefficient (Wildman–Crippen LogP) is 2.72. The first-order chi connectivity index (χ1) is 9.72. The third kappa shape index (κ3) is 3.01. The molecular weight excluding hydrogens is 264 g/mol. The molecule has 0 aliphatic carbocycles. The highest BCUT2D eigenvalue weighted by atomic mass is 16.2. The number of primary amides is 1. The van der Waals surface area contributed by atoms with E-state index in [0.717, 1.165) is 17.5 Å². The van der Waals surface area contributed by atoms with E-state index in [2.05, 4.69) is 55.4 Å². The van der Waals surface area contributed by atoms with Gasteiger partial charge in [0, 0.05) is 18.3 Å². The first-order valence-corrected chi connectivity index (χ1v) is 7.19. The molecule has 1 heterocycles. The highest BCUT2D eigenvalue weighted by molar-refractivity contribution is 5.85. The first-order valence-electron chi connectivity index (χ1n) is 7.19. The van der Waals surface area contributed by atoms with E-state index >= 15 is 0 Å². The maximum absolute atomic E-state index is 10.7. The van der Waals surface area contributed by atoms with Gasteiger partial charge in [-0.15, -0.1) is 0 Å². The van der Waals surface area contributed by atoms with Crippen LogP contribution in [0.4, 0.5) is 10.5 Å². The van der Waals surface area contributed by atoms with Crippen LogP contribution in [0.3, 0.4) is 0 Å². The van der Waals surface area contributed by atoms with Crippen LogP contribution in [0.5, 0.6) is 0 Å². The second-order valence-corrected chi connectivity index (χ2v) is 6.48. The summed E-state index contributed by atoms with van der Waals surface area (Å²) >= 11 is 0. The summed E-state index contributed by atoms with van der Waals surface area (Å²) in [5.74, 6) is 0.489. The number of nitrogens with zero attached hydrogens (tertiary/aromatic N) is 2. The van der Waals surface area contributed by atoms with Gasteiger partial charge in [0.25, 0.3) is 0 Å². The number of rotatable bonds is 2. The number of carbonyl (C=O) groups excluding carboxylic acids is 1. The van der Waals surface area contributed by atoms with Gasteiger partial charge in [-0.2, -0.15) is 5.10 Å². The van der Waals surface area contributed by atoms with Crippen LogP contribution in [-0.4, -0.2) is 24.8 Å². The molecule has 0 bridgehead atoms. The topological polar surface area (TPSA) is 70.7 Å². The SMILES string of the molecule is Cc1cc2c(cc1/C=N/NC(N)=O)C(C)CC(C)(C)N2C. The Morgan fingerprint density at radius 2 is 2.19 bits per heavy atom. The van der Waals surface area contributed by atoms with E-state index in [1.165, 1.54) is 11.3 Å². The number of anilines is 1. The number of hydrogen-bond acceptors (Lipinski definition) is 3. The maximum Gasteiger partial charge on any atom is 0.332 e. The Hall–Kier alpha value is -2.04. The van der Waals surface area contributed by atoms with Crippen LogP contribution in [0.1, 0.15) is 49.8 Å². The first kappa shape index (κ1) is 15.4. The van der Waals surface area contributed by atoms with Crippen LogP contribution in [-0.2, 0) is 0 Å². The number of hydrogen-bond donors (Lipinski definition) is 2. The fourth-order valence-corrected chi connectivity index (χ4v) is 3.04. The molecule has 5 heteroatoms. The maximum atomic E-state index is 10.7. The van der Waals surface area contributed by atoms with E-state index < -0.39 is 6.03 Å². The molecule has 1 aromatic carbocycles. The lowest BCUT2D eigenvalue weighted by molar-refractivity contribution is 0.249. The molecule has 3 N–H and O–H groups in total. The van der Waals surface area contributed by atoms with Gasteiger partial charge in [0.1, 0.15) is 0 Å². The fraction of sp³-hybridized carbons (Fsp3) is 0.500. The van der Waals surface area contributed by atoms with Crippen molar-refractivity contribution in [1.82, 2.24) is 5.43 Å². The molecule has 2 amide bonds. The van der Waals surface area contributed by atoms with Crippen molar-refractivity contribution in [1.29, 1.82) is 0 Å². The number of carbonyl (C=O) groups is 1. The van der Waals surface area contributed by atoms with Gasteiger partial charge in [0.2, 0.25) is 0 Å². The molecular formula is C16H24N4O. The van der Waals surface area contributed by atoms with Crippen LogP contribution in [0.15, 0.2) is 17.2 Å². The van der Waals surface area contributed by atoms with Crippen LogP contribution in [0.25, 0.3) is 0 Å². The zero-order valence-corrected chi connectivity index (χ0v) is 13.4. The number of nitrogens with one attached hydrogen (secondary N) is 1. The number of urea groups is 1. The summed E-state index contributed by atoms with van der Waals surface area (Å²) < 4.78 is 0. The number of amides is 2. The minimum atomic E-state index is -0.656. The fourth-order valence-electron chi connectivity index (χ4n) is 3.04. The molecule has 1 atom stereocenters. The quantitative estimate of drug-likeness (QED) is 0.649. The lowest BCUT2D eigenvalue weighted by Gasteiger charge is -2.45. The summed E-state index contributed by atoms with van der Waals surface area (Å²) in [7, 11) is 2.15. The molecule has 114 valence electrons. The van der Waals surface area contributed by atoms with Gasteiger partial charge in [-0.1, -0.05) is 6.92 Å². The Balaban J connectivity index is 2.41. The lowest BCUT2D eigenvalue weighted by Crippen LogP contribution is -2.45. The average Bonchev–Trinajstić information content (AvgIpc) is 2.36. The Morgan fingerprint density at radius 3 is 2.81 bits per heavy atom. The monoisotopic (exact) mass is 288 g/mol. The van der Waals surface area contributed by atoms with Crippen molar-refractivity contribution >= 4 is 17.9 Å². The smallest absolute Gasteiger partial charge is 0.332 e. The zero-order valence-electron chi connectivity index (χ0n) is 13.4. The Labute approximate surface area is 126 Å². The second kappa shape index (κ2) is 5.39. The van der Waals surface area contributed by atoms with Crippen LogP contribution < -0.4 is 16.1 Å². The summed E-state index contributed by atoms with van der Waals surface area (Å²) in [6, 6.07) is 3.70. The summed E-state index contributed by atoms with van der Waals surface area (Å²) in [5.41, 5.74) is 12.1. The van der Waals surface area contributed by atoms with Gasteiger partial charge < -0.3 is 10.6 Å². The average molecular weight is 288 g/mol. The molecule has 1 aromatic rings. The van der Waals surface area contributed by atoms with Gasteiger partial charge in [-0.3, -0.25) is 0 Å². The summed E-state index contributed by atoms with van der Waals surface area (Å²) in [6.07, 6.45) is 2.75. The van der Waals surface area contributed by atoms with E-state index in [1.807, 2.05) is 6.92 Å². The predicted molar refractivity (Wildman–Crippen MR) is 87.0 cm³/mol. The number of nitrogens with two attached hydrogens (primary N) is 1. The summed E-state index contributed by atoms with van der Waals surface area (Å²) in [6.45, 7) is 8.85. The molecule has 1 aliphatic heterocycles. The van der Waals surface area contributed by atoms with E-state index in [4.69, 9.17) is 5.73 Å². The van der Waals surface area contributed by atoms with Gasteiger partial charge in [-0.25, -0.2) is 10.2 Å². The third-order valence-corrected chi connectivity index (χ3v) is 4.40. The lowest BCUT2D eigenvalue weighted by atomic mass is 9.79. The molecule has 0 radical (unpaired) electrons. The zero-order chi connectivity index (χ0) is 15.8. The van der Waals surface area contributed by atoms with Crippen LogP contribution >= 0.6 is 0 Å². The molecule has 0 aromatic heterocycles. The molecule has 21 heavy (non-hydrogen) atoms. The minimum Gasteiger partial charge on any atom is -0.369 e. The van der Waals surface area contributed by atoms with E-state index in [-0.39, 0.29) is 5.54 Å². The van der Waals surface area contributed by atoms with Crippen molar-refractivity contribution in [2.45, 2.75) is 45.6 Å². The van der Waals surface area contributed by atoms with Crippen molar-refractivity contribution in [2.24, 2.45) is 10.8 Å². The standard InChI is InChI=1S/C16H24N4O/c1-10-6-14-13(7-12(10)9-18-19-15(17)21)11(2)8-16(3,4)20(14)5/h6-7,9,11H,8H2,1-5H3,(H3,17,19,21)/b18-9+. The second-order valence-electron chi connectivity index (χ2n) is 6.48. The van der Waals surface area contributed by atoms with Gasteiger partial charge in [-0.05, 0) is 61.9 Å². The van der Waals surface area contributed by atoms with Crippen LogP contribution in [0.2, 0.25) is 0 Å². The molecule has 0 fully saturated rings. The molecule has 2 rings (SSSR count). The summed E-state index contributed by atoms with van der Waals surface area (Å²) in [5, 5.41) is 3.86. The van der Waals surface area contributed by atoms with Gasteiger partial charge in [0.05, 0.1) is 6.21 Å². The molecule has 0 saturated carbocycles. The Morgan fingerprint density at radius 1 is 1.52 bits per heavy atom. The number of fused-ring (bicyclic) bond motifs is 1. The highest BCUT2D eigenvalue weighted by Crippen LogP contribution is 2.43. The normalized spacial score (nSPS) is 20.4. The molecule has 0 spiro atoms. The van der Waals surface area contributed by atoms with Crippen molar-refractivity contribution in [2.75, 3.05) is 11.9 Å². The van der Waals surface area contributed by atoms with Crippen LogP contribution in [0, 0.1) is 6.92 Å². The number of hydrazone groups is 1. The van der Waals surface area contributed by atoms with Crippen molar-refractivity contribution in [3.8, 4) is 0 Å². The van der Waals surface area contributed by atoms with E-state index in [9.17, 15) is 4.79 Å². The highest BCUT2D eigenvalue weighted by Gasteiger charge is 2.34. The van der Waals surface area contributed by atoms with Gasteiger partial charge in [0.15, 0.2) is 0 Å². The van der Waals surface area contributed by atoms with Crippen molar-refractivity contribution in [3.63, 3.8) is 0 Å². The number of aryl methyl sites for hydroxylation is 1. The molecule has 0 saturated heterocycles. The van der Waals surface area contributed by atoms with E-state index in [1.54, 1.807) is 6.21 Å². The largest absolute Gasteiger partial charge is 0.369 e. The Bertz CT molecular complexity index is 592. The van der Waals surface area contributed by atoms with Crippen molar-refractivity contribution in [3.05, 3.63) is 28.8 Å². The molecule has 1 unspecified atom stereocenters. The third-order valence-electron chi connectivity index (χ3n) is 4.40. The minimum absolute atomic E-state index is 0.155.